The number of hydrogen-bond acceptors (Lipinski definition) is 6. The zero-order valence-corrected chi connectivity index (χ0v) is 21.5. The Balaban J connectivity index is 1.36. The lowest BCUT2D eigenvalue weighted by Gasteiger charge is -2.16. The number of fused-ring (bicyclic) bond motifs is 1. The largest absolute Gasteiger partial charge is 0.457 e. The number of likely N-dealkylation sites (tertiary alicyclic amines) is 1. The Bertz CT molecular complexity index is 1520. The number of allylic oxidation sites excluding steroid dienone is 1. The van der Waals surface area contributed by atoms with Gasteiger partial charge in [0.15, 0.2) is 5.82 Å². The Morgan fingerprint density at radius 3 is 2.66 bits per heavy atom. The quantitative estimate of drug-likeness (QED) is 0.252. The first-order valence-corrected chi connectivity index (χ1v) is 12.8. The van der Waals surface area contributed by atoms with Crippen LogP contribution in [0.1, 0.15) is 26.0 Å². The van der Waals surface area contributed by atoms with Gasteiger partial charge in [-0.05, 0) is 67.1 Å². The molecule has 38 heavy (non-hydrogen) atoms. The van der Waals surface area contributed by atoms with Crippen LogP contribution in [0.5, 0.6) is 11.5 Å². The van der Waals surface area contributed by atoms with Crippen LogP contribution in [0.25, 0.3) is 22.2 Å². The molecule has 1 unspecified atom stereocenters. The summed E-state index contributed by atoms with van der Waals surface area (Å²) in [6, 6.07) is 21.4. The van der Waals surface area contributed by atoms with E-state index < -0.39 is 0 Å². The van der Waals surface area contributed by atoms with E-state index in [-0.39, 0.29) is 23.3 Å². The predicted molar refractivity (Wildman–Crippen MR) is 147 cm³/mol. The number of nitriles is 1. The van der Waals surface area contributed by atoms with E-state index in [0.29, 0.717) is 25.3 Å². The molecule has 2 aromatic carbocycles. The molecule has 2 aromatic heterocycles. The molecule has 3 N–H and O–H groups in total. The summed E-state index contributed by atoms with van der Waals surface area (Å²) in [5.41, 5.74) is 9.81. The van der Waals surface area contributed by atoms with E-state index >= 15 is 0 Å². The first kappa shape index (κ1) is 25.0. The Morgan fingerprint density at radius 1 is 1.21 bits per heavy atom. The molecule has 1 fully saturated rings. The van der Waals surface area contributed by atoms with Crippen LogP contribution < -0.4 is 10.5 Å². The van der Waals surface area contributed by atoms with Crippen molar-refractivity contribution in [3.8, 4) is 28.8 Å². The van der Waals surface area contributed by atoms with Gasteiger partial charge in [0, 0.05) is 24.3 Å². The van der Waals surface area contributed by atoms with Crippen LogP contribution in [-0.4, -0.2) is 39.1 Å². The van der Waals surface area contributed by atoms with Crippen molar-refractivity contribution in [2.24, 2.45) is 11.8 Å². The third-order valence-electron chi connectivity index (χ3n) is 6.65. The van der Waals surface area contributed by atoms with Gasteiger partial charge in [0.1, 0.15) is 23.1 Å². The molecule has 1 aliphatic rings. The first-order chi connectivity index (χ1) is 18.4. The lowest BCUT2D eigenvalue weighted by molar-refractivity contribution is -0.125. The van der Waals surface area contributed by atoms with Gasteiger partial charge in [-0.3, -0.25) is 14.9 Å². The molecule has 0 spiro atoms. The molecule has 1 aliphatic heterocycles. The number of anilines is 1. The smallest absolute Gasteiger partial charge is 0.264 e. The number of aromatic nitrogens is 3. The molecule has 192 valence electrons. The first-order valence-electron chi connectivity index (χ1n) is 12.8. The van der Waals surface area contributed by atoms with Crippen molar-refractivity contribution >= 4 is 22.6 Å². The number of nitrogens with zero attached hydrogens (tertiary/aromatic N) is 4. The fraction of sp³-hybridized carbons (Fsp3) is 0.267. The van der Waals surface area contributed by atoms with Crippen LogP contribution in [0.3, 0.4) is 0 Å². The van der Waals surface area contributed by atoms with Gasteiger partial charge >= 0.3 is 0 Å². The lowest BCUT2D eigenvalue weighted by Crippen LogP contribution is -2.30. The molecule has 5 rings (SSSR count). The summed E-state index contributed by atoms with van der Waals surface area (Å²) in [4.78, 5) is 19.6. The average molecular weight is 507 g/mol. The topological polar surface area (TPSA) is 121 Å². The number of benzene rings is 2. The number of pyridine rings is 1. The minimum absolute atomic E-state index is 0.141. The minimum atomic E-state index is -0.188. The summed E-state index contributed by atoms with van der Waals surface area (Å²) in [6.07, 6.45) is 3.30. The van der Waals surface area contributed by atoms with Gasteiger partial charge in [-0.15, -0.1) is 0 Å². The third-order valence-corrected chi connectivity index (χ3v) is 6.65. The zero-order valence-electron chi connectivity index (χ0n) is 21.5. The fourth-order valence-electron chi connectivity index (χ4n) is 4.88. The number of nitrogen functional groups attached to an aromatic ring is 1. The van der Waals surface area contributed by atoms with E-state index in [4.69, 9.17) is 15.5 Å². The number of H-pyrrole nitrogens is 1. The van der Waals surface area contributed by atoms with Gasteiger partial charge in [-0.2, -0.15) is 10.4 Å². The number of amides is 1. The second-order valence-electron chi connectivity index (χ2n) is 9.98. The van der Waals surface area contributed by atoms with Crippen molar-refractivity contribution in [1.29, 1.82) is 5.26 Å². The van der Waals surface area contributed by atoms with Crippen LogP contribution in [0.15, 0.2) is 72.3 Å². The fourth-order valence-corrected chi connectivity index (χ4v) is 4.88. The van der Waals surface area contributed by atoms with Crippen LogP contribution in [0.4, 0.5) is 5.82 Å². The molecule has 1 saturated heterocycles. The van der Waals surface area contributed by atoms with Gasteiger partial charge < -0.3 is 15.4 Å². The van der Waals surface area contributed by atoms with E-state index in [1.165, 1.54) is 0 Å². The second kappa shape index (κ2) is 10.8. The number of hydrogen-bond donors (Lipinski definition) is 2. The van der Waals surface area contributed by atoms with Crippen molar-refractivity contribution in [2.75, 3.05) is 18.8 Å². The molecule has 8 nitrogen and oxygen atoms in total. The van der Waals surface area contributed by atoms with E-state index in [9.17, 15) is 10.1 Å². The number of para-hydroxylation sites is 1. The van der Waals surface area contributed by atoms with Crippen molar-refractivity contribution in [3.05, 3.63) is 78.0 Å². The highest BCUT2D eigenvalue weighted by atomic mass is 16.5. The molecular formula is C30H30N6O2. The monoisotopic (exact) mass is 506 g/mol. The molecule has 3 heterocycles. The van der Waals surface area contributed by atoms with Crippen LogP contribution in [0, 0.1) is 23.2 Å². The van der Waals surface area contributed by atoms with Crippen molar-refractivity contribution in [3.63, 3.8) is 0 Å². The zero-order chi connectivity index (χ0) is 26.6. The maximum absolute atomic E-state index is 12.9. The van der Waals surface area contributed by atoms with Gasteiger partial charge in [0.2, 0.25) is 0 Å². The summed E-state index contributed by atoms with van der Waals surface area (Å²) >= 11 is 0. The number of nitrogens with one attached hydrogen (secondary N) is 1. The van der Waals surface area contributed by atoms with E-state index in [2.05, 4.69) is 16.3 Å². The van der Waals surface area contributed by atoms with Crippen molar-refractivity contribution in [2.45, 2.75) is 26.7 Å². The number of carbonyl (C=O) groups is 1. The summed E-state index contributed by atoms with van der Waals surface area (Å²) in [7, 11) is 0. The van der Waals surface area contributed by atoms with Crippen LogP contribution in [0.2, 0.25) is 0 Å². The van der Waals surface area contributed by atoms with E-state index in [1.54, 1.807) is 11.0 Å². The molecule has 8 heteroatoms. The Labute approximate surface area is 221 Å². The molecule has 1 atom stereocenters. The number of rotatable bonds is 7. The molecule has 1 amide bonds. The summed E-state index contributed by atoms with van der Waals surface area (Å²) in [5.74, 6) is 2.10. The molecule has 0 radical (unpaired) electrons. The number of carbonyl (C=O) groups excluding carboxylic acids is 1. The lowest BCUT2D eigenvalue weighted by atomic mass is 10.00. The Hall–Kier alpha value is -4.64. The van der Waals surface area contributed by atoms with E-state index in [1.807, 2.05) is 74.5 Å². The number of ether oxygens (including phenoxy) is 1. The highest BCUT2D eigenvalue weighted by Gasteiger charge is 2.29. The third kappa shape index (κ3) is 5.37. The highest BCUT2D eigenvalue weighted by molar-refractivity contribution is 6.00. The van der Waals surface area contributed by atoms with Crippen LogP contribution in [-0.2, 0) is 11.2 Å². The molecule has 4 aromatic rings. The Kier molecular flexibility index (Phi) is 7.09. The Morgan fingerprint density at radius 2 is 1.95 bits per heavy atom. The van der Waals surface area contributed by atoms with Crippen molar-refractivity contribution in [1.82, 2.24) is 20.1 Å². The summed E-state index contributed by atoms with van der Waals surface area (Å²) in [6.45, 7) is 5.16. The molecule has 0 bridgehead atoms. The SMILES string of the molecule is CC(C)/C=C(/C#N)C(=O)N1CCC(Cc2cc3[nH]nc(N)c3c(-c3ccc(Oc4ccccc4)cc3)n2)C1. The highest BCUT2D eigenvalue weighted by Crippen LogP contribution is 2.33. The number of aromatic amines is 1. The molecular weight excluding hydrogens is 476 g/mol. The average Bonchev–Trinajstić information content (AvgIpc) is 3.54. The van der Waals surface area contributed by atoms with E-state index in [0.717, 1.165) is 45.8 Å². The number of nitrogens with two attached hydrogens (primary N) is 1. The standard InChI is InChI=1S/C30H30N6O2/c1-19(2)14-22(17-31)30(37)36-13-12-20(18-36)15-23-16-26-27(29(32)35-34-26)28(33-23)21-8-10-25(11-9-21)38-24-6-4-3-5-7-24/h3-11,14,16,19-20H,12-13,15,18H2,1-2H3,(H3,32,34,35)/b22-14-. The molecule has 0 saturated carbocycles. The molecule has 0 aliphatic carbocycles. The van der Waals surface area contributed by atoms with Gasteiger partial charge in [-0.1, -0.05) is 38.1 Å². The summed E-state index contributed by atoms with van der Waals surface area (Å²) in [5, 5.41) is 17.5. The van der Waals surface area contributed by atoms with Gasteiger partial charge in [-0.25, -0.2) is 0 Å². The van der Waals surface area contributed by atoms with Crippen molar-refractivity contribution < 1.29 is 9.53 Å². The second-order valence-corrected chi connectivity index (χ2v) is 9.98. The van der Waals surface area contributed by atoms with Gasteiger partial charge in [0.05, 0.1) is 16.6 Å². The normalized spacial score (nSPS) is 15.7. The van der Waals surface area contributed by atoms with Gasteiger partial charge in [0.25, 0.3) is 5.91 Å². The maximum Gasteiger partial charge on any atom is 0.264 e. The maximum atomic E-state index is 12.9. The predicted octanol–water partition coefficient (Wildman–Crippen LogP) is 5.50. The minimum Gasteiger partial charge on any atom is -0.457 e. The summed E-state index contributed by atoms with van der Waals surface area (Å²) < 4.78 is 5.93. The van der Waals surface area contributed by atoms with Crippen LogP contribution >= 0.6 is 0 Å².